The Balaban J connectivity index is 0.00000256. The maximum Gasteiger partial charge on any atom is 0.278 e. The van der Waals surface area contributed by atoms with Crippen LogP contribution in [0.5, 0.6) is 5.75 Å². The highest BCUT2D eigenvalue weighted by Gasteiger charge is 2.12. The zero-order valence-electron chi connectivity index (χ0n) is 8.57. The van der Waals surface area contributed by atoms with Gasteiger partial charge in [-0.05, 0) is 12.1 Å². The molecule has 0 fully saturated rings. The summed E-state index contributed by atoms with van der Waals surface area (Å²) in [7, 11) is 0. The standard InChI is InChI=1S/C8H9N5O3.H2O/c9-8(10)12-11-4-5-3-6(14)1-2-7(5)13(15)16;/h1-4,14H,(H4,9,10,12);1H2. The summed E-state index contributed by atoms with van der Waals surface area (Å²) >= 11 is 0. The summed E-state index contributed by atoms with van der Waals surface area (Å²) in [5, 5.41) is 26.5. The van der Waals surface area contributed by atoms with Crippen LogP contribution >= 0.6 is 0 Å². The molecule has 0 radical (unpaired) electrons. The summed E-state index contributed by atoms with van der Waals surface area (Å²) in [5.41, 5.74) is 9.94. The fourth-order valence-electron chi connectivity index (χ4n) is 0.969. The quantitative estimate of drug-likeness (QED) is 0.268. The zero-order valence-corrected chi connectivity index (χ0v) is 8.57. The van der Waals surface area contributed by atoms with Crippen LogP contribution in [0.4, 0.5) is 5.69 Å². The normalized spacial score (nSPS) is 9.65. The zero-order chi connectivity index (χ0) is 12.1. The molecule has 0 aliphatic carbocycles. The van der Waals surface area contributed by atoms with Gasteiger partial charge < -0.3 is 22.1 Å². The molecule has 0 atom stereocenters. The Hall–Kier alpha value is -2.68. The maximum atomic E-state index is 10.6. The minimum Gasteiger partial charge on any atom is -0.508 e. The highest BCUT2D eigenvalue weighted by molar-refractivity contribution is 5.86. The molecule has 0 aromatic heterocycles. The van der Waals surface area contributed by atoms with E-state index in [1.54, 1.807) is 0 Å². The highest BCUT2D eigenvalue weighted by atomic mass is 16.6. The largest absolute Gasteiger partial charge is 0.508 e. The Labute approximate surface area is 95.5 Å². The molecule has 1 aromatic rings. The number of rotatable bonds is 3. The lowest BCUT2D eigenvalue weighted by Gasteiger charge is -1.97. The van der Waals surface area contributed by atoms with Crippen molar-refractivity contribution in [3.8, 4) is 5.75 Å². The Morgan fingerprint density at radius 1 is 1.47 bits per heavy atom. The molecule has 7 N–H and O–H groups in total. The lowest BCUT2D eigenvalue weighted by molar-refractivity contribution is -0.385. The van der Waals surface area contributed by atoms with Crippen LogP contribution in [0.1, 0.15) is 5.56 Å². The second kappa shape index (κ2) is 6.02. The molecule has 0 saturated heterocycles. The van der Waals surface area contributed by atoms with E-state index in [0.717, 1.165) is 12.3 Å². The van der Waals surface area contributed by atoms with Gasteiger partial charge in [0.1, 0.15) is 5.75 Å². The Bertz CT molecular complexity index is 467. The van der Waals surface area contributed by atoms with Gasteiger partial charge in [0.25, 0.3) is 5.69 Å². The summed E-state index contributed by atoms with van der Waals surface area (Å²) in [6.45, 7) is 0. The highest BCUT2D eigenvalue weighted by Crippen LogP contribution is 2.21. The number of hydrogen-bond donors (Lipinski definition) is 3. The molecule has 0 unspecified atom stereocenters. The van der Waals surface area contributed by atoms with E-state index in [9.17, 15) is 10.1 Å². The number of benzene rings is 1. The van der Waals surface area contributed by atoms with E-state index < -0.39 is 4.92 Å². The molecule has 9 heteroatoms. The van der Waals surface area contributed by atoms with Crippen LogP contribution in [-0.2, 0) is 0 Å². The fourth-order valence-corrected chi connectivity index (χ4v) is 0.969. The topological polar surface area (TPSA) is 172 Å². The molecule has 0 bridgehead atoms. The van der Waals surface area contributed by atoms with E-state index in [0.29, 0.717) is 0 Å². The van der Waals surface area contributed by atoms with E-state index in [4.69, 9.17) is 16.6 Å². The first-order valence-electron chi connectivity index (χ1n) is 4.10. The number of nitro benzene ring substituents is 1. The molecular formula is C8H11N5O4. The SMILES string of the molecule is NC(N)=NN=Cc1cc(O)ccc1[N+](=O)[O-].O. The van der Waals surface area contributed by atoms with Crippen molar-refractivity contribution in [1.82, 2.24) is 0 Å². The third kappa shape index (κ3) is 4.13. The first-order valence-corrected chi connectivity index (χ1v) is 4.10. The number of nitrogens with two attached hydrogens (primary N) is 2. The third-order valence-electron chi connectivity index (χ3n) is 1.58. The minimum absolute atomic E-state index is 0. The maximum absolute atomic E-state index is 10.6. The fraction of sp³-hybridized carbons (Fsp3) is 0. The van der Waals surface area contributed by atoms with Gasteiger partial charge in [-0.25, -0.2) is 0 Å². The van der Waals surface area contributed by atoms with Crippen LogP contribution in [0.3, 0.4) is 0 Å². The van der Waals surface area contributed by atoms with E-state index in [2.05, 4.69) is 10.2 Å². The van der Waals surface area contributed by atoms with Crippen molar-refractivity contribution in [3.63, 3.8) is 0 Å². The monoisotopic (exact) mass is 241 g/mol. The van der Waals surface area contributed by atoms with Crippen LogP contribution in [-0.4, -0.2) is 27.7 Å². The second-order valence-electron chi connectivity index (χ2n) is 2.77. The van der Waals surface area contributed by atoms with Crippen LogP contribution < -0.4 is 11.5 Å². The molecule has 0 saturated carbocycles. The average Bonchev–Trinajstić information content (AvgIpc) is 2.16. The molecule has 1 aromatic carbocycles. The lowest BCUT2D eigenvalue weighted by atomic mass is 10.2. The number of nitro groups is 1. The van der Waals surface area contributed by atoms with Crippen molar-refractivity contribution in [2.75, 3.05) is 0 Å². The van der Waals surface area contributed by atoms with Gasteiger partial charge in [-0.2, -0.15) is 5.10 Å². The van der Waals surface area contributed by atoms with E-state index in [1.807, 2.05) is 0 Å². The van der Waals surface area contributed by atoms with Crippen molar-refractivity contribution in [2.45, 2.75) is 0 Å². The molecular weight excluding hydrogens is 230 g/mol. The number of hydrogen-bond acceptors (Lipinski definition) is 5. The summed E-state index contributed by atoms with van der Waals surface area (Å²) < 4.78 is 0. The average molecular weight is 241 g/mol. The predicted octanol–water partition coefficient (Wildman–Crippen LogP) is -0.917. The van der Waals surface area contributed by atoms with Crippen LogP contribution in [0.15, 0.2) is 28.4 Å². The van der Waals surface area contributed by atoms with E-state index in [-0.39, 0.29) is 28.4 Å². The minimum atomic E-state index is -0.601. The predicted molar refractivity (Wildman–Crippen MR) is 61.8 cm³/mol. The third-order valence-corrected chi connectivity index (χ3v) is 1.58. The van der Waals surface area contributed by atoms with E-state index >= 15 is 0 Å². The van der Waals surface area contributed by atoms with Crippen LogP contribution in [0, 0.1) is 10.1 Å². The van der Waals surface area contributed by atoms with Crippen molar-refractivity contribution in [1.29, 1.82) is 0 Å². The van der Waals surface area contributed by atoms with Gasteiger partial charge in [-0.3, -0.25) is 10.1 Å². The van der Waals surface area contributed by atoms with Gasteiger partial charge in [0.2, 0.25) is 5.96 Å². The summed E-state index contributed by atoms with van der Waals surface area (Å²) in [6.07, 6.45) is 1.08. The molecule has 0 heterocycles. The number of nitrogens with zero attached hydrogens (tertiary/aromatic N) is 3. The van der Waals surface area contributed by atoms with Crippen molar-refractivity contribution in [2.24, 2.45) is 21.7 Å². The summed E-state index contributed by atoms with van der Waals surface area (Å²) in [6, 6.07) is 3.55. The smallest absolute Gasteiger partial charge is 0.278 e. The molecule has 9 nitrogen and oxygen atoms in total. The van der Waals surface area contributed by atoms with Gasteiger partial charge in [-0.15, -0.1) is 5.10 Å². The number of phenols is 1. The first kappa shape index (κ1) is 14.3. The van der Waals surface area contributed by atoms with Gasteiger partial charge in [0.15, 0.2) is 0 Å². The lowest BCUT2D eigenvalue weighted by Crippen LogP contribution is -2.21. The van der Waals surface area contributed by atoms with Gasteiger partial charge in [0, 0.05) is 6.07 Å². The van der Waals surface area contributed by atoms with Gasteiger partial charge in [-0.1, -0.05) is 0 Å². The molecule has 0 aliphatic rings. The van der Waals surface area contributed by atoms with Crippen molar-refractivity contribution < 1.29 is 15.5 Å². The molecule has 1 rings (SSSR count). The molecule has 0 aliphatic heterocycles. The van der Waals surface area contributed by atoms with E-state index in [1.165, 1.54) is 12.1 Å². The Morgan fingerprint density at radius 2 is 2.12 bits per heavy atom. The molecule has 17 heavy (non-hydrogen) atoms. The number of aromatic hydroxyl groups is 1. The first-order chi connectivity index (χ1) is 7.50. The summed E-state index contributed by atoms with van der Waals surface area (Å²) in [5.74, 6) is -0.379. The number of guanidine groups is 1. The molecule has 92 valence electrons. The van der Waals surface area contributed by atoms with Crippen molar-refractivity contribution in [3.05, 3.63) is 33.9 Å². The molecule has 0 amide bonds. The van der Waals surface area contributed by atoms with Gasteiger partial charge >= 0.3 is 0 Å². The van der Waals surface area contributed by atoms with Gasteiger partial charge in [0.05, 0.1) is 16.7 Å². The van der Waals surface area contributed by atoms with Crippen molar-refractivity contribution >= 4 is 17.9 Å². The Morgan fingerprint density at radius 3 is 2.65 bits per heavy atom. The van der Waals surface area contributed by atoms with Crippen LogP contribution in [0.25, 0.3) is 0 Å². The van der Waals surface area contributed by atoms with Crippen LogP contribution in [0.2, 0.25) is 0 Å². The summed E-state index contributed by atoms with van der Waals surface area (Å²) in [4.78, 5) is 10.0. The Kier molecular flexibility index (Phi) is 5.07. The molecule has 0 spiro atoms. The second-order valence-corrected chi connectivity index (χ2v) is 2.77. The number of phenolic OH excluding ortho intramolecular Hbond substituents is 1.